The van der Waals surface area contributed by atoms with E-state index in [1.165, 1.54) is 19.1 Å². The van der Waals surface area contributed by atoms with Crippen molar-refractivity contribution in [2.45, 2.75) is 25.3 Å². The summed E-state index contributed by atoms with van der Waals surface area (Å²) in [4.78, 5) is 10.8. The van der Waals surface area contributed by atoms with Crippen LogP contribution in [0.1, 0.15) is 24.5 Å². The molecule has 0 saturated carbocycles. The number of hydrogen-bond donors (Lipinski definition) is 3. The lowest BCUT2D eigenvalue weighted by atomic mass is 9.91. The Morgan fingerprint density at radius 3 is 2.59 bits per heavy atom. The first-order valence-electron chi connectivity index (χ1n) is 4.86. The van der Waals surface area contributed by atoms with Crippen LogP contribution in [0.15, 0.2) is 18.2 Å². The topological polar surface area (TPSA) is 83.5 Å². The monoisotopic (exact) mass is 245 g/mol. The first kappa shape index (κ1) is 13.4. The number of carboxylic acid groups (broad SMARTS) is 1. The van der Waals surface area contributed by atoms with Crippen molar-refractivity contribution in [2.24, 2.45) is 5.73 Å². The number of halogens is 2. The van der Waals surface area contributed by atoms with E-state index in [-0.39, 0.29) is 17.7 Å². The van der Waals surface area contributed by atoms with Gasteiger partial charge in [-0.05, 0) is 24.6 Å². The second-order valence-corrected chi connectivity index (χ2v) is 4.08. The maximum absolute atomic E-state index is 12.7. The Kier molecular flexibility index (Phi) is 3.67. The van der Waals surface area contributed by atoms with E-state index in [4.69, 9.17) is 15.9 Å². The smallest absolute Gasteiger partial charge is 0.323 e. The number of phenols is 1. The zero-order chi connectivity index (χ0) is 13.2. The average molecular weight is 245 g/mol. The van der Waals surface area contributed by atoms with E-state index in [9.17, 15) is 13.6 Å². The molecular formula is C11H13F2NO3. The van der Waals surface area contributed by atoms with Crippen LogP contribution in [0.5, 0.6) is 5.75 Å². The molecule has 0 heterocycles. The van der Waals surface area contributed by atoms with Crippen LogP contribution in [0.25, 0.3) is 0 Å². The molecule has 1 aromatic rings. The predicted octanol–water partition coefficient (Wildman–Crippen LogP) is 1.67. The first-order chi connectivity index (χ1) is 7.74. The summed E-state index contributed by atoms with van der Waals surface area (Å²) in [6.45, 7) is 1.25. The highest BCUT2D eigenvalue weighted by Crippen LogP contribution is 2.28. The van der Waals surface area contributed by atoms with Gasteiger partial charge in [0.05, 0.1) is 0 Å². The Morgan fingerprint density at radius 2 is 2.12 bits per heavy atom. The van der Waals surface area contributed by atoms with Gasteiger partial charge in [-0.25, -0.2) is 8.78 Å². The third-order valence-corrected chi connectivity index (χ3v) is 2.41. The molecule has 1 rings (SSSR count). The standard InChI is InChI=1S/C11H13F2NO3/c1-11(14,10(16)17)5-6-2-3-7(15)4-8(6)9(12)13/h2-4,9,15H,5,14H2,1H3,(H,16,17). The summed E-state index contributed by atoms with van der Waals surface area (Å²) in [5, 5.41) is 17.9. The number of aromatic hydroxyl groups is 1. The molecule has 17 heavy (non-hydrogen) atoms. The van der Waals surface area contributed by atoms with E-state index in [0.717, 1.165) is 6.07 Å². The van der Waals surface area contributed by atoms with Gasteiger partial charge in [-0.2, -0.15) is 0 Å². The minimum Gasteiger partial charge on any atom is -0.508 e. The lowest BCUT2D eigenvalue weighted by Crippen LogP contribution is -2.47. The summed E-state index contributed by atoms with van der Waals surface area (Å²) >= 11 is 0. The van der Waals surface area contributed by atoms with Crippen molar-refractivity contribution >= 4 is 5.97 Å². The Morgan fingerprint density at radius 1 is 1.53 bits per heavy atom. The molecule has 0 aliphatic carbocycles. The van der Waals surface area contributed by atoms with Gasteiger partial charge in [0.15, 0.2) is 0 Å². The van der Waals surface area contributed by atoms with Crippen LogP contribution >= 0.6 is 0 Å². The number of rotatable bonds is 4. The van der Waals surface area contributed by atoms with E-state index in [1.807, 2.05) is 0 Å². The molecule has 0 amide bonds. The third kappa shape index (κ3) is 3.13. The number of alkyl halides is 2. The fraction of sp³-hybridized carbons (Fsp3) is 0.364. The van der Waals surface area contributed by atoms with Crippen LogP contribution in [0.2, 0.25) is 0 Å². The van der Waals surface area contributed by atoms with Gasteiger partial charge in [0.2, 0.25) is 0 Å². The van der Waals surface area contributed by atoms with Gasteiger partial charge in [0.1, 0.15) is 11.3 Å². The van der Waals surface area contributed by atoms with Crippen LogP contribution in [0.3, 0.4) is 0 Å². The normalized spacial score (nSPS) is 14.6. The van der Waals surface area contributed by atoms with Gasteiger partial charge in [0, 0.05) is 12.0 Å². The van der Waals surface area contributed by atoms with Gasteiger partial charge in [0.25, 0.3) is 6.43 Å². The average Bonchev–Trinajstić information content (AvgIpc) is 2.19. The predicted molar refractivity (Wildman–Crippen MR) is 57.0 cm³/mol. The summed E-state index contributed by atoms with van der Waals surface area (Å²) in [6.07, 6.45) is -3.02. The van der Waals surface area contributed by atoms with Gasteiger partial charge in [-0.1, -0.05) is 6.07 Å². The number of phenolic OH excluding ortho intramolecular Hbond substituents is 1. The van der Waals surface area contributed by atoms with Crippen LogP contribution < -0.4 is 5.73 Å². The number of nitrogens with two attached hydrogens (primary N) is 1. The van der Waals surface area contributed by atoms with Crippen LogP contribution in [-0.4, -0.2) is 21.7 Å². The molecule has 0 aromatic heterocycles. The summed E-state index contributed by atoms with van der Waals surface area (Å²) in [5.41, 5.74) is 3.58. The van der Waals surface area contributed by atoms with E-state index in [0.29, 0.717) is 0 Å². The summed E-state index contributed by atoms with van der Waals surface area (Å²) < 4.78 is 25.4. The minimum absolute atomic E-state index is 0.116. The molecule has 0 fully saturated rings. The second kappa shape index (κ2) is 4.67. The molecule has 0 aliphatic heterocycles. The molecule has 6 heteroatoms. The maximum atomic E-state index is 12.7. The molecule has 94 valence electrons. The van der Waals surface area contributed by atoms with Gasteiger partial charge in [-0.15, -0.1) is 0 Å². The van der Waals surface area contributed by atoms with Crippen molar-refractivity contribution in [3.05, 3.63) is 29.3 Å². The molecule has 4 nitrogen and oxygen atoms in total. The molecule has 0 radical (unpaired) electrons. The highest BCUT2D eigenvalue weighted by molar-refractivity contribution is 5.78. The summed E-state index contributed by atoms with van der Waals surface area (Å²) in [5.74, 6) is -1.57. The van der Waals surface area contributed by atoms with Gasteiger partial charge < -0.3 is 15.9 Å². The molecule has 0 aliphatic rings. The van der Waals surface area contributed by atoms with E-state index < -0.39 is 23.5 Å². The summed E-state index contributed by atoms with van der Waals surface area (Å²) in [6, 6.07) is 3.39. The molecule has 0 saturated heterocycles. The number of hydrogen-bond acceptors (Lipinski definition) is 3. The van der Waals surface area contributed by atoms with Crippen LogP contribution in [0.4, 0.5) is 8.78 Å². The SMILES string of the molecule is CC(N)(Cc1ccc(O)cc1C(F)F)C(=O)O. The first-order valence-corrected chi connectivity index (χ1v) is 4.86. The lowest BCUT2D eigenvalue weighted by Gasteiger charge is -2.20. The molecule has 4 N–H and O–H groups in total. The Hall–Kier alpha value is -1.69. The van der Waals surface area contributed by atoms with E-state index in [2.05, 4.69) is 0 Å². The van der Waals surface area contributed by atoms with E-state index in [1.54, 1.807) is 0 Å². The minimum atomic E-state index is -2.79. The van der Waals surface area contributed by atoms with Crippen molar-refractivity contribution < 1.29 is 23.8 Å². The Labute approximate surface area is 96.7 Å². The summed E-state index contributed by atoms with van der Waals surface area (Å²) in [7, 11) is 0. The third-order valence-electron chi connectivity index (χ3n) is 2.41. The van der Waals surface area contributed by atoms with Crippen molar-refractivity contribution in [1.82, 2.24) is 0 Å². The molecule has 1 aromatic carbocycles. The van der Waals surface area contributed by atoms with Crippen LogP contribution in [0, 0.1) is 0 Å². The van der Waals surface area contributed by atoms with Crippen molar-refractivity contribution in [1.29, 1.82) is 0 Å². The van der Waals surface area contributed by atoms with Gasteiger partial charge >= 0.3 is 5.97 Å². The quantitative estimate of drug-likeness (QED) is 0.753. The number of carbonyl (C=O) groups is 1. The maximum Gasteiger partial charge on any atom is 0.323 e. The molecule has 1 unspecified atom stereocenters. The van der Waals surface area contributed by atoms with Crippen molar-refractivity contribution in [3.63, 3.8) is 0 Å². The molecule has 0 bridgehead atoms. The Bertz CT molecular complexity index is 433. The highest BCUT2D eigenvalue weighted by atomic mass is 19.3. The fourth-order valence-electron chi connectivity index (χ4n) is 1.42. The zero-order valence-electron chi connectivity index (χ0n) is 9.15. The second-order valence-electron chi connectivity index (χ2n) is 4.08. The van der Waals surface area contributed by atoms with Gasteiger partial charge in [-0.3, -0.25) is 4.79 Å². The molecule has 1 atom stereocenters. The zero-order valence-corrected chi connectivity index (χ0v) is 9.15. The molecule has 0 spiro atoms. The van der Waals surface area contributed by atoms with Crippen molar-refractivity contribution in [3.8, 4) is 5.75 Å². The fourth-order valence-corrected chi connectivity index (χ4v) is 1.42. The van der Waals surface area contributed by atoms with Crippen molar-refractivity contribution in [2.75, 3.05) is 0 Å². The lowest BCUT2D eigenvalue weighted by molar-refractivity contribution is -0.142. The Balaban J connectivity index is 3.10. The number of carboxylic acids is 1. The van der Waals surface area contributed by atoms with Crippen LogP contribution in [-0.2, 0) is 11.2 Å². The van der Waals surface area contributed by atoms with E-state index >= 15 is 0 Å². The number of benzene rings is 1. The number of aliphatic carboxylic acids is 1. The molecular weight excluding hydrogens is 232 g/mol. The highest BCUT2D eigenvalue weighted by Gasteiger charge is 2.30. The largest absolute Gasteiger partial charge is 0.508 e.